The normalized spacial score (nSPS) is 11.3. The van der Waals surface area contributed by atoms with Crippen LogP contribution in [0.1, 0.15) is 0 Å². The number of para-hydroxylation sites is 2. The Kier molecular flexibility index (Phi) is 8.87. The van der Waals surface area contributed by atoms with Crippen molar-refractivity contribution in [3.8, 4) is 55.6 Å². The zero-order valence-electron chi connectivity index (χ0n) is 32.9. The molecule has 60 heavy (non-hydrogen) atoms. The lowest BCUT2D eigenvalue weighted by Gasteiger charge is -2.26. The molecule has 1 aromatic heterocycles. The fourth-order valence-electron chi connectivity index (χ4n) is 8.66. The molecule has 0 fully saturated rings. The Hall–Kier alpha value is -7.94. The second-order valence-corrected chi connectivity index (χ2v) is 15.3. The van der Waals surface area contributed by atoms with Gasteiger partial charge in [0.25, 0.3) is 0 Å². The molecule has 0 aliphatic rings. The Balaban J connectivity index is 0.966. The van der Waals surface area contributed by atoms with Gasteiger partial charge in [-0.3, -0.25) is 0 Å². The molecule has 0 bridgehead atoms. The van der Waals surface area contributed by atoms with Gasteiger partial charge < -0.3 is 9.32 Å². The number of anilines is 3. The van der Waals surface area contributed by atoms with Gasteiger partial charge in [-0.05, 0) is 115 Å². The molecular formula is C58H39NO. The van der Waals surface area contributed by atoms with Gasteiger partial charge in [-0.15, -0.1) is 0 Å². The highest BCUT2D eigenvalue weighted by atomic mass is 16.3. The Morgan fingerprint density at radius 1 is 0.267 bits per heavy atom. The molecule has 0 radical (unpaired) electrons. The van der Waals surface area contributed by atoms with Gasteiger partial charge in [0.05, 0.1) is 0 Å². The number of fused-ring (bicyclic) bond motifs is 4. The minimum Gasteiger partial charge on any atom is -0.455 e. The number of benzene rings is 10. The molecule has 0 aliphatic heterocycles. The smallest absolute Gasteiger partial charge is 0.143 e. The van der Waals surface area contributed by atoms with Crippen LogP contribution in [0.15, 0.2) is 241 Å². The first-order chi connectivity index (χ1) is 29.7. The van der Waals surface area contributed by atoms with Crippen molar-refractivity contribution in [1.82, 2.24) is 0 Å². The Labute approximate surface area is 349 Å². The highest BCUT2D eigenvalue weighted by Gasteiger charge is 2.17. The van der Waals surface area contributed by atoms with Crippen molar-refractivity contribution < 1.29 is 4.42 Å². The van der Waals surface area contributed by atoms with E-state index in [0.29, 0.717) is 0 Å². The summed E-state index contributed by atoms with van der Waals surface area (Å²) >= 11 is 0. The van der Waals surface area contributed by atoms with Crippen molar-refractivity contribution in [1.29, 1.82) is 0 Å². The standard InChI is InChI=1S/C58H39NO/c1-2-13-42(14-3-1)52-18-6-7-19-53(52)43-28-34-50(35-29-43)59(51-36-30-44(31-37-51)54-21-11-22-56-55-20-8-9-23-57(55)60-58(54)56)49-32-26-41(27-33-49)46-16-10-17-47(38-46)48-25-24-40-12-4-5-15-45(40)39-48/h1-39H. The summed E-state index contributed by atoms with van der Waals surface area (Å²) in [7, 11) is 0. The van der Waals surface area contributed by atoms with Gasteiger partial charge in [0.1, 0.15) is 11.2 Å². The van der Waals surface area contributed by atoms with Crippen LogP contribution >= 0.6 is 0 Å². The molecule has 0 spiro atoms. The number of hydrogen-bond acceptors (Lipinski definition) is 2. The summed E-state index contributed by atoms with van der Waals surface area (Å²) in [5.74, 6) is 0. The van der Waals surface area contributed by atoms with E-state index in [0.717, 1.165) is 50.1 Å². The Morgan fingerprint density at radius 2 is 0.717 bits per heavy atom. The minimum absolute atomic E-state index is 0.904. The summed E-state index contributed by atoms with van der Waals surface area (Å²) in [4.78, 5) is 2.34. The fourth-order valence-corrected chi connectivity index (χ4v) is 8.66. The predicted octanol–water partition coefficient (Wildman–Crippen LogP) is 16.5. The second kappa shape index (κ2) is 15.1. The number of rotatable bonds is 8. The van der Waals surface area contributed by atoms with E-state index in [1.165, 1.54) is 55.3 Å². The highest BCUT2D eigenvalue weighted by Crippen LogP contribution is 2.41. The Morgan fingerprint density at radius 3 is 1.42 bits per heavy atom. The summed E-state index contributed by atoms with van der Waals surface area (Å²) in [6.07, 6.45) is 0. The summed E-state index contributed by atoms with van der Waals surface area (Å²) in [6, 6.07) is 84.8. The molecule has 0 atom stereocenters. The van der Waals surface area contributed by atoms with Gasteiger partial charge >= 0.3 is 0 Å². The van der Waals surface area contributed by atoms with Crippen molar-refractivity contribution in [2.75, 3.05) is 4.90 Å². The quantitative estimate of drug-likeness (QED) is 0.153. The molecule has 10 aromatic carbocycles. The molecule has 1 heterocycles. The van der Waals surface area contributed by atoms with Crippen LogP contribution < -0.4 is 4.90 Å². The fraction of sp³-hybridized carbons (Fsp3) is 0. The van der Waals surface area contributed by atoms with Crippen molar-refractivity contribution in [2.45, 2.75) is 0 Å². The predicted molar refractivity (Wildman–Crippen MR) is 253 cm³/mol. The van der Waals surface area contributed by atoms with Crippen LogP contribution in [0.25, 0.3) is 88.3 Å². The van der Waals surface area contributed by atoms with Gasteiger partial charge in [-0.25, -0.2) is 0 Å². The van der Waals surface area contributed by atoms with E-state index in [-0.39, 0.29) is 0 Å². The second-order valence-electron chi connectivity index (χ2n) is 15.3. The largest absolute Gasteiger partial charge is 0.455 e. The first-order valence-corrected chi connectivity index (χ1v) is 20.5. The lowest BCUT2D eigenvalue weighted by Crippen LogP contribution is -2.09. The highest BCUT2D eigenvalue weighted by molar-refractivity contribution is 6.09. The molecule has 2 heteroatoms. The van der Waals surface area contributed by atoms with Crippen LogP contribution in [0.2, 0.25) is 0 Å². The number of furan rings is 1. The van der Waals surface area contributed by atoms with Crippen LogP contribution in [-0.2, 0) is 0 Å². The summed E-state index contributed by atoms with van der Waals surface area (Å²) in [5, 5.41) is 4.77. The van der Waals surface area contributed by atoms with Gasteiger partial charge in [-0.1, -0.05) is 182 Å². The summed E-state index contributed by atoms with van der Waals surface area (Å²) < 4.78 is 6.43. The van der Waals surface area contributed by atoms with Gasteiger partial charge in [-0.2, -0.15) is 0 Å². The van der Waals surface area contributed by atoms with Crippen LogP contribution in [0.4, 0.5) is 17.1 Å². The third-order valence-electron chi connectivity index (χ3n) is 11.7. The molecule has 2 nitrogen and oxygen atoms in total. The maximum absolute atomic E-state index is 6.43. The third kappa shape index (κ3) is 6.51. The maximum atomic E-state index is 6.43. The van der Waals surface area contributed by atoms with E-state index in [2.05, 4.69) is 229 Å². The lowest BCUT2D eigenvalue weighted by molar-refractivity contribution is 0.670. The number of nitrogens with zero attached hydrogens (tertiary/aromatic N) is 1. The average Bonchev–Trinajstić information content (AvgIpc) is 3.72. The monoisotopic (exact) mass is 765 g/mol. The van der Waals surface area contributed by atoms with Crippen molar-refractivity contribution in [2.24, 2.45) is 0 Å². The Bertz CT molecular complexity index is 3290. The zero-order chi connectivity index (χ0) is 39.8. The average molecular weight is 766 g/mol. The maximum Gasteiger partial charge on any atom is 0.143 e. The molecule has 0 amide bonds. The molecule has 0 saturated heterocycles. The van der Waals surface area contributed by atoms with E-state index in [9.17, 15) is 0 Å². The first-order valence-electron chi connectivity index (χ1n) is 20.5. The molecule has 11 aromatic rings. The number of hydrogen-bond donors (Lipinski definition) is 0. The van der Waals surface area contributed by atoms with E-state index < -0.39 is 0 Å². The SMILES string of the molecule is c1ccc(-c2ccccc2-c2ccc(N(c3ccc(-c4cccc(-c5ccc6ccccc6c5)c4)cc3)c3ccc(-c4cccc5c4oc4ccccc45)cc3)cc2)cc1. The lowest BCUT2D eigenvalue weighted by atomic mass is 9.94. The van der Waals surface area contributed by atoms with E-state index >= 15 is 0 Å². The third-order valence-corrected chi connectivity index (χ3v) is 11.7. The summed E-state index contributed by atoms with van der Waals surface area (Å²) in [5.41, 5.74) is 16.8. The van der Waals surface area contributed by atoms with Gasteiger partial charge in [0.2, 0.25) is 0 Å². The first kappa shape index (κ1) is 35.2. The molecule has 11 rings (SSSR count). The minimum atomic E-state index is 0.904. The molecule has 0 N–H and O–H groups in total. The van der Waals surface area contributed by atoms with Crippen LogP contribution in [-0.4, -0.2) is 0 Å². The molecule has 0 saturated carbocycles. The van der Waals surface area contributed by atoms with Crippen molar-refractivity contribution in [3.05, 3.63) is 237 Å². The van der Waals surface area contributed by atoms with Crippen LogP contribution in [0.3, 0.4) is 0 Å². The summed E-state index contributed by atoms with van der Waals surface area (Å²) in [6.45, 7) is 0. The molecule has 282 valence electrons. The molecular weight excluding hydrogens is 727 g/mol. The van der Waals surface area contributed by atoms with Crippen LogP contribution in [0.5, 0.6) is 0 Å². The molecule has 0 aliphatic carbocycles. The van der Waals surface area contributed by atoms with Crippen molar-refractivity contribution >= 4 is 49.8 Å². The zero-order valence-corrected chi connectivity index (χ0v) is 32.9. The van der Waals surface area contributed by atoms with Gasteiger partial charge in [0, 0.05) is 33.4 Å². The molecule has 0 unspecified atom stereocenters. The van der Waals surface area contributed by atoms with Gasteiger partial charge in [0.15, 0.2) is 0 Å². The topological polar surface area (TPSA) is 16.4 Å². The van der Waals surface area contributed by atoms with Crippen molar-refractivity contribution in [3.63, 3.8) is 0 Å². The van der Waals surface area contributed by atoms with E-state index in [1.54, 1.807) is 0 Å². The van der Waals surface area contributed by atoms with Crippen LogP contribution in [0, 0.1) is 0 Å². The van der Waals surface area contributed by atoms with E-state index in [4.69, 9.17) is 4.42 Å². The van der Waals surface area contributed by atoms with E-state index in [1.807, 2.05) is 12.1 Å².